The van der Waals surface area contributed by atoms with E-state index in [0.717, 1.165) is 27.1 Å². The molecular weight excluding hydrogens is 392 g/mol. The molecule has 7 nitrogen and oxygen atoms in total. The van der Waals surface area contributed by atoms with Crippen molar-refractivity contribution in [1.29, 1.82) is 0 Å². The van der Waals surface area contributed by atoms with Crippen molar-refractivity contribution in [2.24, 2.45) is 0 Å². The van der Waals surface area contributed by atoms with Crippen LogP contribution in [0.4, 0.5) is 11.1 Å². The van der Waals surface area contributed by atoms with Gasteiger partial charge in [-0.1, -0.05) is 59.5 Å². The highest BCUT2D eigenvalue weighted by atomic mass is 32.2. The maximum atomic E-state index is 12.5. The highest BCUT2D eigenvalue weighted by molar-refractivity contribution is 7.98. The Labute approximate surface area is 170 Å². The van der Waals surface area contributed by atoms with E-state index < -0.39 is 0 Å². The quantitative estimate of drug-likeness (QED) is 0.470. The number of nitrogen functional groups attached to an aromatic ring is 1. The normalized spacial score (nSPS) is 11.0. The van der Waals surface area contributed by atoms with Gasteiger partial charge in [0.15, 0.2) is 10.3 Å². The Morgan fingerprint density at radius 1 is 1.21 bits per heavy atom. The monoisotopic (exact) mass is 410 g/mol. The van der Waals surface area contributed by atoms with Crippen LogP contribution in [0.3, 0.4) is 0 Å². The van der Waals surface area contributed by atoms with E-state index in [-0.39, 0.29) is 18.4 Å². The Morgan fingerprint density at radius 3 is 2.86 bits per heavy atom. The van der Waals surface area contributed by atoms with Gasteiger partial charge in [0.05, 0.1) is 10.2 Å². The predicted octanol–water partition coefficient (Wildman–Crippen LogP) is 3.71. The minimum atomic E-state index is -0.219. The Hall–Kier alpha value is -2.91. The third-order valence-corrected chi connectivity index (χ3v) is 6.02. The summed E-state index contributed by atoms with van der Waals surface area (Å²) < 4.78 is 2.65. The fourth-order valence-corrected chi connectivity index (χ4v) is 4.55. The molecular formula is C19H18N6OS2. The summed E-state index contributed by atoms with van der Waals surface area (Å²) in [5.74, 6) is 0.715. The first kappa shape index (κ1) is 18.5. The zero-order chi connectivity index (χ0) is 19.5. The van der Waals surface area contributed by atoms with Crippen molar-refractivity contribution in [3.8, 4) is 0 Å². The van der Waals surface area contributed by atoms with Gasteiger partial charge in [0.1, 0.15) is 6.54 Å². The van der Waals surface area contributed by atoms with Gasteiger partial charge in [0.25, 0.3) is 0 Å². The molecule has 0 bridgehead atoms. The summed E-state index contributed by atoms with van der Waals surface area (Å²) in [5.41, 5.74) is 9.10. The molecule has 28 heavy (non-hydrogen) atoms. The zero-order valence-corrected chi connectivity index (χ0v) is 16.8. The number of fused-ring (bicyclic) bond motifs is 1. The van der Waals surface area contributed by atoms with E-state index in [1.807, 2.05) is 49.4 Å². The fourth-order valence-electron chi connectivity index (χ4n) is 2.67. The Morgan fingerprint density at radius 2 is 2.04 bits per heavy atom. The molecule has 142 valence electrons. The first-order valence-electron chi connectivity index (χ1n) is 8.61. The van der Waals surface area contributed by atoms with E-state index in [9.17, 15) is 4.79 Å². The third kappa shape index (κ3) is 4.15. The molecule has 0 aliphatic heterocycles. The number of rotatable bonds is 6. The molecule has 1 amide bonds. The molecule has 0 atom stereocenters. The molecule has 0 aliphatic carbocycles. The van der Waals surface area contributed by atoms with Gasteiger partial charge in [0.2, 0.25) is 11.9 Å². The number of thiazole rings is 1. The van der Waals surface area contributed by atoms with Crippen molar-refractivity contribution in [3.05, 3.63) is 59.7 Å². The lowest BCUT2D eigenvalue weighted by Gasteiger charge is -2.07. The summed E-state index contributed by atoms with van der Waals surface area (Å²) >= 11 is 2.94. The number of nitrogens with two attached hydrogens (primary N) is 1. The average molecular weight is 411 g/mol. The molecule has 0 fully saturated rings. The number of thioether (sulfide) groups is 1. The molecule has 0 saturated carbocycles. The first-order valence-corrected chi connectivity index (χ1v) is 10.4. The van der Waals surface area contributed by atoms with E-state index in [4.69, 9.17) is 5.73 Å². The van der Waals surface area contributed by atoms with Gasteiger partial charge >= 0.3 is 0 Å². The summed E-state index contributed by atoms with van der Waals surface area (Å²) in [4.78, 5) is 17.0. The summed E-state index contributed by atoms with van der Waals surface area (Å²) in [7, 11) is 0. The summed E-state index contributed by atoms with van der Waals surface area (Å²) in [5, 5.41) is 12.0. The molecule has 3 N–H and O–H groups in total. The Balaban J connectivity index is 1.44. The summed E-state index contributed by atoms with van der Waals surface area (Å²) in [6, 6.07) is 16.0. The molecule has 0 radical (unpaired) electrons. The first-order chi connectivity index (χ1) is 13.6. The van der Waals surface area contributed by atoms with Gasteiger partial charge in [-0.3, -0.25) is 9.36 Å². The SMILES string of the molecule is Cc1ccc2nc(NC(=O)Cn3c(N)nnc3SCc3ccccc3)sc2c1. The lowest BCUT2D eigenvalue weighted by Crippen LogP contribution is -2.20. The van der Waals surface area contributed by atoms with E-state index in [1.54, 1.807) is 4.57 Å². The number of benzene rings is 2. The number of carbonyl (C=O) groups is 1. The Kier molecular flexibility index (Phi) is 5.27. The van der Waals surface area contributed by atoms with Crippen molar-refractivity contribution in [1.82, 2.24) is 19.7 Å². The third-order valence-electron chi connectivity index (χ3n) is 4.05. The van der Waals surface area contributed by atoms with E-state index >= 15 is 0 Å². The van der Waals surface area contributed by atoms with Gasteiger partial charge in [-0.2, -0.15) is 0 Å². The van der Waals surface area contributed by atoms with Crippen molar-refractivity contribution in [3.63, 3.8) is 0 Å². The van der Waals surface area contributed by atoms with Crippen LogP contribution in [0.15, 0.2) is 53.7 Å². The van der Waals surface area contributed by atoms with Gasteiger partial charge in [0, 0.05) is 5.75 Å². The Bertz CT molecular complexity index is 1120. The molecule has 2 heterocycles. The largest absolute Gasteiger partial charge is 0.368 e. The number of hydrogen-bond donors (Lipinski definition) is 2. The standard InChI is InChI=1S/C19H18N6OS2/c1-12-7-8-14-15(9-12)28-18(21-14)22-16(26)10-25-17(20)23-24-19(25)27-11-13-5-3-2-4-6-13/h2-9H,10-11H2,1H3,(H2,20,23)(H,21,22,26). The second-order valence-corrected chi connectivity index (χ2v) is 8.21. The highest BCUT2D eigenvalue weighted by Gasteiger charge is 2.15. The lowest BCUT2D eigenvalue weighted by atomic mass is 10.2. The zero-order valence-electron chi connectivity index (χ0n) is 15.1. The van der Waals surface area contributed by atoms with Crippen LogP contribution in [-0.2, 0) is 17.1 Å². The van der Waals surface area contributed by atoms with Crippen molar-refractivity contribution >= 4 is 50.3 Å². The van der Waals surface area contributed by atoms with Gasteiger partial charge in [-0.15, -0.1) is 10.2 Å². The molecule has 2 aromatic carbocycles. The van der Waals surface area contributed by atoms with Crippen LogP contribution in [0.25, 0.3) is 10.2 Å². The molecule has 0 saturated heterocycles. The molecule has 2 aromatic heterocycles. The predicted molar refractivity (Wildman–Crippen MR) is 113 cm³/mol. The van der Waals surface area contributed by atoms with Gasteiger partial charge < -0.3 is 11.1 Å². The van der Waals surface area contributed by atoms with Crippen LogP contribution in [0.1, 0.15) is 11.1 Å². The van der Waals surface area contributed by atoms with Crippen LogP contribution in [0.2, 0.25) is 0 Å². The van der Waals surface area contributed by atoms with Gasteiger partial charge in [-0.25, -0.2) is 4.98 Å². The summed E-state index contributed by atoms with van der Waals surface area (Å²) in [6.07, 6.45) is 0. The molecule has 0 unspecified atom stereocenters. The molecule has 4 rings (SSSR count). The minimum Gasteiger partial charge on any atom is -0.368 e. The lowest BCUT2D eigenvalue weighted by molar-refractivity contribution is -0.116. The maximum absolute atomic E-state index is 12.5. The average Bonchev–Trinajstić information content (AvgIpc) is 3.23. The van der Waals surface area contributed by atoms with Crippen LogP contribution in [-0.4, -0.2) is 25.7 Å². The van der Waals surface area contributed by atoms with Gasteiger partial charge in [-0.05, 0) is 30.2 Å². The van der Waals surface area contributed by atoms with E-state index in [1.165, 1.54) is 23.1 Å². The van der Waals surface area contributed by atoms with Crippen LogP contribution >= 0.6 is 23.1 Å². The minimum absolute atomic E-state index is 0.0326. The van der Waals surface area contributed by atoms with Crippen molar-refractivity contribution in [2.75, 3.05) is 11.1 Å². The van der Waals surface area contributed by atoms with Crippen molar-refractivity contribution < 1.29 is 4.79 Å². The fraction of sp³-hybridized carbons (Fsp3) is 0.158. The van der Waals surface area contributed by atoms with Crippen LogP contribution in [0, 0.1) is 6.92 Å². The number of amides is 1. The topological polar surface area (TPSA) is 98.7 Å². The molecule has 0 aliphatic rings. The van der Waals surface area contributed by atoms with E-state index in [0.29, 0.717) is 10.3 Å². The smallest absolute Gasteiger partial charge is 0.246 e. The second-order valence-electron chi connectivity index (χ2n) is 6.24. The number of carbonyl (C=O) groups excluding carboxylic acids is 1. The van der Waals surface area contributed by atoms with Crippen molar-refractivity contribution in [2.45, 2.75) is 24.4 Å². The number of aromatic nitrogens is 4. The number of nitrogens with zero attached hydrogens (tertiary/aromatic N) is 4. The number of anilines is 2. The number of hydrogen-bond acceptors (Lipinski definition) is 7. The molecule has 9 heteroatoms. The number of nitrogens with one attached hydrogen (secondary N) is 1. The van der Waals surface area contributed by atoms with E-state index in [2.05, 4.69) is 26.6 Å². The maximum Gasteiger partial charge on any atom is 0.246 e. The molecule has 4 aromatic rings. The molecule has 0 spiro atoms. The van der Waals surface area contributed by atoms with Crippen LogP contribution < -0.4 is 11.1 Å². The second kappa shape index (κ2) is 7.99. The summed E-state index contributed by atoms with van der Waals surface area (Å²) in [6.45, 7) is 2.06. The number of aryl methyl sites for hydroxylation is 1. The van der Waals surface area contributed by atoms with Crippen LogP contribution in [0.5, 0.6) is 0 Å². The highest BCUT2D eigenvalue weighted by Crippen LogP contribution is 2.27.